The summed E-state index contributed by atoms with van der Waals surface area (Å²) in [6.07, 6.45) is 3.51. The van der Waals surface area contributed by atoms with E-state index in [1.165, 1.54) is 0 Å². The maximum Gasteiger partial charge on any atom is 0.134 e. The van der Waals surface area contributed by atoms with Gasteiger partial charge in [-0.05, 0) is 18.8 Å². The van der Waals surface area contributed by atoms with Crippen LogP contribution in [0.5, 0.6) is 0 Å². The number of halogens is 1. The number of Topliss-reactive ketones (excluding diaryl/α,β-unsaturated/α-hetero) is 1. The maximum atomic E-state index is 13.1. The van der Waals surface area contributed by atoms with Crippen LogP contribution in [-0.2, 0) is 4.79 Å². The average molecular weight is 213 g/mol. The number of hydrogen-bond acceptors (Lipinski definition) is 2. The summed E-state index contributed by atoms with van der Waals surface area (Å²) in [4.78, 5) is 13.7. The monoisotopic (exact) mass is 213 g/mol. The molecule has 3 atom stereocenters. The van der Waals surface area contributed by atoms with Crippen molar-refractivity contribution in [2.75, 3.05) is 13.1 Å². The second-order valence-electron chi connectivity index (χ2n) is 4.90. The third-order valence-electron chi connectivity index (χ3n) is 3.93. The van der Waals surface area contributed by atoms with Gasteiger partial charge in [0.1, 0.15) is 12.0 Å². The molecule has 2 aliphatic rings. The molecule has 0 radical (unpaired) electrons. The number of alkyl halides is 1. The van der Waals surface area contributed by atoms with E-state index >= 15 is 0 Å². The molecule has 3 heteroatoms. The van der Waals surface area contributed by atoms with E-state index in [0.717, 1.165) is 25.8 Å². The molecule has 0 amide bonds. The number of carbonyl (C=O) groups excluding carboxylic acids is 1. The van der Waals surface area contributed by atoms with Gasteiger partial charge in [0.05, 0.1) is 0 Å². The molecule has 0 spiro atoms. The topological polar surface area (TPSA) is 20.3 Å². The number of hydrogen-bond donors (Lipinski definition) is 0. The van der Waals surface area contributed by atoms with Crippen molar-refractivity contribution in [2.45, 2.75) is 51.2 Å². The van der Waals surface area contributed by atoms with E-state index in [2.05, 4.69) is 11.8 Å². The van der Waals surface area contributed by atoms with Crippen LogP contribution < -0.4 is 0 Å². The summed E-state index contributed by atoms with van der Waals surface area (Å²) in [5.41, 5.74) is 0. The summed E-state index contributed by atoms with van der Waals surface area (Å²) in [6.45, 7) is 3.57. The van der Waals surface area contributed by atoms with Crippen LogP contribution in [0.4, 0.5) is 4.39 Å². The molecule has 0 aromatic carbocycles. The summed E-state index contributed by atoms with van der Waals surface area (Å²) < 4.78 is 13.1. The van der Waals surface area contributed by atoms with Gasteiger partial charge in [-0.3, -0.25) is 9.69 Å². The van der Waals surface area contributed by atoms with E-state index in [-0.39, 0.29) is 0 Å². The first-order valence-corrected chi connectivity index (χ1v) is 6.10. The van der Waals surface area contributed by atoms with Gasteiger partial charge in [-0.25, -0.2) is 4.39 Å². The average Bonchev–Trinajstić information content (AvgIpc) is 2.65. The van der Waals surface area contributed by atoms with E-state index in [4.69, 9.17) is 0 Å². The van der Waals surface area contributed by atoms with Gasteiger partial charge in [-0.1, -0.05) is 13.3 Å². The summed E-state index contributed by atoms with van der Waals surface area (Å²) >= 11 is 0. The Hall–Kier alpha value is -0.440. The standard InChI is InChI=1S/C12H20FNO/c1-2-9-3-4-11(15)7-12(9)14-6-5-10(13)8-14/h9-10,12H,2-8H2,1H3. The molecule has 1 saturated carbocycles. The van der Waals surface area contributed by atoms with Crippen molar-refractivity contribution < 1.29 is 9.18 Å². The Morgan fingerprint density at radius 1 is 1.47 bits per heavy atom. The fourth-order valence-electron chi connectivity index (χ4n) is 2.99. The molecule has 0 aromatic rings. The Morgan fingerprint density at radius 3 is 2.87 bits per heavy atom. The lowest BCUT2D eigenvalue weighted by Gasteiger charge is -2.36. The third-order valence-corrected chi connectivity index (χ3v) is 3.93. The molecule has 1 aliphatic carbocycles. The molecule has 1 heterocycles. The first-order valence-electron chi connectivity index (χ1n) is 6.10. The lowest BCUT2D eigenvalue weighted by molar-refractivity contribution is -0.123. The van der Waals surface area contributed by atoms with E-state index < -0.39 is 6.17 Å². The van der Waals surface area contributed by atoms with Crippen molar-refractivity contribution in [1.29, 1.82) is 0 Å². The SMILES string of the molecule is CCC1CCC(=O)CC1N1CCC(F)C1. The van der Waals surface area contributed by atoms with E-state index in [1.54, 1.807) is 0 Å². The van der Waals surface area contributed by atoms with Gasteiger partial charge in [-0.2, -0.15) is 0 Å². The Morgan fingerprint density at radius 2 is 2.27 bits per heavy atom. The minimum Gasteiger partial charge on any atom is -0.300 e. The van der Waals surface area contributed by atoms with Gasteiger partial charge in [0.2, 0.25) is 0 Å². The predicted octanol–water partition coefficient (Wildman–Crippen LogP) is 2.18. The molecule has 1 aliphatic heterocycles. The minimum absolute atomic E-state index is 0.331. The zero-order valence-electron chi connectivity index (χ0n) is 9.42. The Kier molecular flexibility index (Phi) is 3.39. The minimum atomic E-state index is -0.667. The summed E-state index contributed by atoms with van der Waals surface area (Å²) in [7, 11) is 0. The highest BCUT2D eigenvalue weighted by atomic mass is 19.1. The molecular weight excluding hydrogens is 193 g/mol. The molecule has 0 N–H and O–H groups in total. The number of likely N-dealkylation sites (tertiary alicyclic amines) is 1. The Labute approximate surface area is 90.8 Å². The second kappa shape index (κ2) is 4.60. The van der Waals surface area contributed by atoms with Crippen molar-refractivity contribution >= 4 is 5.78 Å². The fourth-order valence-corrected chi connectivity index (χ4v) is 2.99. The highest BCUT2D eigenvalue weighted by Crippen LogP contribution is 2.31. The van der Waals surface area contributed by atoms with Crippen LogP contribution in [0.15, 0.2) is 0 Å². The molecule has 15 heavy (non-hydrogen) atoms. The summed E-state index contributed by atoms with van der Waals surface area (Å²) in [6, 6.07) is 0.331. The van der Waals surface area contributed by atoms with Crippen LogP contribution in [0.2, 0.25) is 0 Å². The predicted molar refractivity (Wildman–Crippen MR) is 57.5 cm³/mol. The van der Waals surface area contributed by atoms with Gasteiger partial charge >= 0.3 is 0 Å². The van der Waals surface area contributed by atoms with Crippen molar-refractivity contribution in [3.63, 3.8) is 0 Å². The zero-order chi connectivity index (χ0) is 10.8. The van der Waals surface area contributed by atoms with Crippen LogP contribution in [0.1, 0.15) is 39.0 Å². The summed E-state index contributed by atoms with van der Waals surface area (Å²) in [5.74, 6) is 0.972. The van der Waals surface area contributed by atoms with E-state index in [1.807, 2.05) is 0 Å². The zero-order valence-corrected chi connectivity index (χ0v) is 9.42. The molecule has 0 bridgehead atoms. The highest BCUT2D eigenvalue weighted by molar-refractivity contribution is 5.79. The lowest BCUT2D eigenvalue weighted by atomic mass is 9.81. The van der Waals surface area contributed by atoms with Crippen LogP contribution in [0.25, 0.3) is 0 Å². The normalized spacial score (nSPS) is 38.5. The lowest BCUT2D eigenvalue weighted by Crippen LogP contribution is -2.43. The molecule has 2 rings (SSSR count). The highest BCUT2D eigenvalue weighted by Gasteiger charge is 2.36. The molecule has 2 fully saturated rings. The Balaban J connectivity index is 2.00. The third kappa shape index (κ3) is 2.39. The van der Waals surface area contributed by atoms with Crippen LogP contribution in [-0.4, -0.2) is 36.0 Å². The van der Waals surface area contributed by atoms with Crippen molar-refractivity contribution in [1.82, 2.24) is 4.90 Å². The molecule has 0 aromatic heterocycles. The van der Waals surface area contributed by atoms with Gasteiger partial charge < -0.3 is 0 Å². The van der Waals surface area contributed by atoms with Gasteiger partial charge in [-0.15, -0.1) is 0 Å². The van der Waals surface area contributed by atoms with E-state index in [9.17, 15) is 9.18 Å². The van der Waals surface area contributed by atoms with Crippen molar-refractivity contribution in [3.05, 3.63) is 0 Å². The maximum absolute atomic E-state index is 13.1. The van der Waals surface area contributed by atoms with Crippen molar-refractivity contribution in [3.8, 4) is 0 Å². The molecule has 1 saturated heterocycles. The Bertz CT molecular complexity index is 244. The largest absolute Gasteiger partial charge is 0.300 e. The van der Waals surface area contributed by atoms with E-state index in [0.29, 0.717) is 37.1 Å². The van der Waals surface area contributed by atoms with Crippen LogP contribution >= 0.6 is 0 Å². The summed E-state index contributed by atoms with van der Waals surface area (Å²) in [5, 5.41) is 0. The number of rotatable bonds is 2. The molecule has 86 valence electrons. The molecule has 2 nitrogen and oxygen atoms in total. The quantitative estimate of drug-likeness (QED) is 0.700. The molecule has 3 unspecified atom stereocenters. The van der Waals surface area contributed by atoms with Crippen LogP contribution in [0, 0.1) is 5.92 Å². The van der Waals surface area contributed by atoms with Gasteiger partial charge in [0.25, 0.3) is 0 Å². The van der Waals surface area contributed by atoms with Crippen molar-refractivity contribution in [2.24, 2.45) is 5.92 Å². The van der Waals surface area contributed by atoms with Gasteiger partial charge in [0, 0.05) is 32.0 Å². The smallest absolute Gasteiger partial charge is 0.134 e. The first-order chi connectivity index (χ1) is 7.20. The second-order valence-corrected chi connectivity index (χ2v) is 4.90. The van der Waals surface area contributed by atoms with Gasteiger partial charge in [0.15, 0.2) is 0 Å². The number of nitrogens with zero attached hydrogens (tertiary/aromatic N) is 1. The fraction of sp³-hybridized carbons (Fsp3) is 0.917. The number of ketones is 1. The molecular formula is C12H20FNO. The number of carbonyl (C=O) groups is 1. The first kappa shape index (κ1) is 11.1. The van der Waals surface area contributed by atoms with Crippen LogP contribution in [0.3, 0.4) is 0 Å².